The second kappa shape index (κ2) is 6.25. The predicted molar refractivity (Wildman–Crippen MR) is 102 cm³/mol. The van der Waals surface area contributed by atoms with Crippen LogP contribution in [0.3, 0.4) is 0 Å². The molecule has 0 spiro atoms. The third-order valence-electron chi connectivity index (χ3n) is 4.51. The molecule has 0 amide bonds. The minimum absolute atomic E-state index is 0.296. The maximum Gasteiger partial charge on any atom is 0.197 e. The van der Waals surface area contributed by atoms with Gasteiger partial charge in [-0.3, -0.25) is 4.98 Å². The molecule has 0 unspecified atom stereocenters. The van der Waals surface area contributed by atoms with E-state index in [0.717, 1.165) is 16.6 Å². The summed E-state index contributed by atoms with van der Waals surface area (Å²) in [5.74, 6) is -0.296. The summed E-state index contributed by atoms with van der Waals surface area (Å²) in [6.45, 7) is 0.320. The number of rotatable bonds is 3. The Labute approximate surface area is 154 Å². The first-order valence-corrected chi connectivity index (χ1v) is 8.54. The van der Waals surface area contributed by atoms with E-state index in [9.17, 15) is 4.39 Å². The summed E-state index contributed by atoms with van der Waals surface area (Å²) in [7, 11) is 0. The molecule has 5 nitrogen and oxygen atoms in total. The van der Waals surface area contributed by atoms with Gasteiger partial charge < -0.3 is 4.57 Å². The van der Waals surface area contributed by atoms with E-state index in [1.54, 1.807) is 18.7 Å². The first-order valence-electron chi connectivity index (χ1n) is 8.54. The van der Waals surface area contributed by atoms with Crippen molar-refractivity contribution < 1.29 is 4.39 Å². The summed E-state index contributed by atoms with van der Waals surface area (Å²) >= 11 is 0. The molecule has 27 heavy (non-hydrogen) atoms. The van der Waals surface area contributed by atoms with E-state index in [1.807, 2.05) is 53.1 Å². The zero-order valence-electron chi connectivity index (χ0n) is 14.2. The monoisotopic (exact) mass is 355 g/mol. The van der Waals surface area contributed by atoms with Crippen LogP contribution in [0, 0.1) is 5.82 Å². The zero-order valence-corrected chi connectivity index (χ0v) is 14.2. The van der Waals surface area contributed by atoms with Crippen molar-refractivity contribution in [3.05, 3.63) is 84.7 Å². The summed E-state index contributed by atoms with van der Waals surface area (Å²) < 4.78 is 16.4. The first-order chi connectivity index (χ1) is 13.3. The Hall–Kier alpha value is -3.67. The predicted octanol–water partition coefficient (Wildman–Crippen LogP) is 4.23. The molecule has 0 radical (unpaired) electrons. The summed E-state index contributed by atoms with van der Waals surface area (Å²) in [4.78, 5) is 17.6. The van der Waals surface area contributed by atoms with Gasteiger partial charge in [-0.15, -0.1) is 0 Å². The smallest absolute Gasteiger partial charge is 0.197 e. The minimum Gasteiger partial charge on any atom is -0.309 e. The second-order valence-corrected chi connectivity index (χ2v) is 6.28. The molecular formula is C21H14FN5. The van der Waals surface area contributed by atoms with Crippen molar-refractivity contribution in [1.82, 2.24) is 24.5 Å². The van der Waals surface area contributed by atoms with Crippen molar-refractivity contribution >= 4 is 22.2 Å². The highest BCUT2D eigenvalue weighted by Crippen LogP contribution is 2.21. The van der Waals surface area contributed by atoms with Crippen LogP contribution >= 0.6 is 0 Å². The fourth-order valence-electron chi connectivity index (χ4n) is 3.15. The van der Waals surface area contributed by atoms with Gasteiger partial charge in [-0.1, -0.05) is 36.4 Å². The van der Waals surface area contributed by atoms with Gasteiger partial charge in [-0.05, 0) is 12.1 Å². The first kappa shape index (κ1) is 15.6. The number of aromatic nitrogens is 5. The van der Waals surface area contributed by atoms with Crippen molar-refractivity contribution in [2.75, 3.05) is 0 Å². The fourth-order valence-corrected chi connectivity index (χ4v) is 3.15. The highest BCUT2D eigenvalue weighted by molar-refractivity contribution is 5.79. The van der Waals surface area contributed by atoms with Crippen molar-refractivity contribution in [3.8, 4) is 11.3 Å². The van der Waals surface area contributed by atoms with Crippen molar-refractivity contribution in [1.29, 1.82) is 0 Å². The molecule has 0 aliphatic heterocycles. The number of halogens is 1. The highest BCUT2D eigenvalue weighted by atomic mass is 19.1. The summed E-state index contributed by atoms with van der Waals surface area (Å²) in [6.07, 6.45) is 5.01. The number of nitrogens with zero attached hydrogens (tertiary/aromatic N) is 5. The second-order valence-electron chi connectivity index (χ2n) is 6.28. The minimum atomic E-state index is -0.296. The molecule has 0 N–H and O–H groups in total. The molecule has 130 valence electrons. The van der Waals surface area contributed by atoms with Crippen LogP contribution in [-0.2, 0) is 6.54 Å². The van der Waals surface area contributed by atoms with E-state index < -0.39 is 0 Å². The maximum absolute atomic E-state index is 14.5. The molecule has 0 atom stereocenters. The molecule has 3 aromatic heterocycles. The fraction of sp³-hybridized carbons (Fsp3) is 0.0476. The van der Waals surface area contributed by atoms with Crippen LogP contribution in [0.2, 0.25) is 0 Å². The van der Waals surface area contributed by atoms with Gasteiger partial charge in [0.15, 0.2) is 11.3 Å². The van der Waals surface area contributed by atoms with Crippen molar-refractivity contribution in [2.24, 2.45) is 0 Å². The molecule has 3 heterocycles. The number of fused-ring (bicyclic) bond motifs is 2. The van der Waals surface area contributed by atoms with Gasteiger partial charge in [0, 0.05) is 28.8 Å². The van der Waals surface area contributed by atoms with Gasteiger partial charge in [-0.2, -0.15) is 0 Å². The number of pyridine rings is 1. The van der Waals surface area contributed by atoms with E-state index in [-0.39, 0.29) is 5.82 Å². The molecule has 5 aromatic rings. The van der Waals surface area contributed by atoms with E-state index >= 15 is 0 Å². The van der Waals surface area contributed by atoms with E-state index in [1.165, 1.54) is 6.07 Å². The highest BCUT2D eigenvalue weighted by Gasteiger charge is 2.12. The molecule has 0 aliphatic rings. The summed E-state index contributed by atoms with van der Waals surface area (Å²) in [6, 6.07) is 16.9. The summed E-state index contributed by atoms with van der Waals surface area (Å²) in [5.41, 5.74) is 4.09. The van der Waals surface area contributed by atoms with E-state index in [2.05, 4.69) is 15.0 Å². The van der Waals surface area contributed by atoms with Gasteiger partial charge in [0.25, 0.3) is 0 Å². The third-order valence-corrected chi connectivity index (χ3v) is 4.51. The molecule has 6 heteroatoms. The van der Waals surface area contributed by atoms with Crippen LogP contribution in [0.25, 0.3) is 33.5 Å². The molecule has 0 bridgehead atoms. The average molecular weight is 355 g/mol. The lowest BCUT2D eigenvalue weighted by molar-refractivity contribution is 0.603. The molecule has 2 aromatic carbocycles. The Morgan fingerprint density at radius 1 is 0.926 bits per heavy atom. The third kappa shape index (κ3) is 2.81. The molecular weight excluding hydrogens is 341 g/mol. The van der Waals surface area contributed by atoms with E-state index in [0.29, 0.717) is 28.9 Å². The van der Waals surface area contributed by atoms with Crippen LogP contribution in [0.1, 0.15) is 5.56 Å². The zero-order chi connectivity index (χ0) is 18.2. The molecule has 0 aliphatic carbocycles. The standard InChI is InChI=1S/C21H14FN5/c22-17-10-18-15(7-4-8-23-18)9-16(17)12-27-13-25-20-21(27)26-19(11-24-20)14-5-2-1-3-6-14/h1-11,13H,12H2. The number of hydrogen-bond donors (Lipinski definition) is 0. The lowest BCUT2D eigenvalue weighted by atomic mass is 10.1. The maximum atomic E-state index is 14.5. The number of benzene rings is 2. The van der Waals surface area contributed by atoms with Crippen LogP contribution in [0.5, 0.6) is 0 Å². The number of hydrogen-bond acceptors (Lipinski definition) is 4. The van der Waals surface area contributed by atoms with Crippen molar-refractivity contribution in [3.63, 3.8) is 0 Å². The van der Waals surface area contributed by atoms with Crippen LogP contribution in [0.4, 0.5) is 4.39 Å². The molecule has 5 rings (SSSR count). The average Bonchev–Trinajstić information content (AvgIpc) is 3.11. The van der Waals surface area contributed by atoms with Crippen LogP contribution in [-0.4, -0.2) is 24.5 Å². The van der Waals surface area contributed by atoms with E-state index in [4.69, 9.17) is 4.98 Å². The Morgan fingerprint density at radius 3 is 2.70 bits per heavy atom. The van der Waals surface area contributed by atoms with Gasteiger partial charge in [0.05, 0.1) is 30.3 Å². The van der Waals surface area contributed by atoms with Crippen molar-refractivity contribution in [2.45, 2.75) is 6.54 Å². The van der Waals surface area contributed by atoms with Crippen LogP contribution in [0.15, 0.2) is 73.3 Å². The van der Waals surface area contributed by atoms with Gasteiger partial charge >= 0.3 is 0 Å². The SMILES string of the molecule is Fc1cc2ncccc2cc1Cn1cnc2ncc(-c3ccccc3)nc21. The largest absolute Gasteiger partial charge is 0.309 e. The molecule has 0 saturated heterocycles. The number of imidazole rings is 1. The lowest BCUT2D eigenvalue weighted by Gasteiger charge is -2.08. The Bertz CT molecular complexity index is 1260. The summed E-state index contributed by atoms with van der Waals surface area (Å²) in [5, 5.41) is 0.898. The lowest BCUT2D eigenvalue weighted by Crippen LogP contribution is -2.03. The topological polar surface area (TPSA) is 56.5 Å². The Balaban J connectivity index is 1.58. The van der Waals surface area contributed by atoms with Gasteiger partial charge in [0.2, 0.25) is 0 Å². The normalized spacial score (nSPS) is 11.3. The van der Waals surface area contributed by atoms with Gasteiger partial charge in [-0.25, -0.2) is 19.3 Å². The molecule has 0 fully saturated rings. The Morgan fingerprint density at radius 2 is 1.81 bits per heavy atom. The van der Waals surface area contributed by atoms with Crippen LogP contribution < -0.4 is 0 Å². The Kier molecular flexibility index (Phi) is 3.60. The quantitative estimate of drug-likeness (QED) is 0.486. The van der Waals surface area contributed by atoms with Gasteiger partial charge in [0.1, 0.15) is 5.82 Å². The molecule has 0 saturated carbocycles.